The van der Waals surface area contributed by atoms with Crippen LogP contribution in [-0.4, -0.2) is 45.2 Å². The molecule has 1 atom stereocenters. The quantitative estimate of drug-likeness (QED) is 0.687. The Labute approximate surface area is 167 Å². The van der Waals surface area contributed by atoms with Gasteiger partial charge < -0.3 is 19.1 Å². The minimum atomic E-state index is -0.217. The molecule has 1 saturated heterocycles. The van der Waals surface area contributed by atoms with E-state index in [1.165, 1.54) is 0 Å². The van der Waals surface area contributed by atoms with Gasteiger partial charge in [0.15, 0.2) is 0 Å². The van der Waals surface area contributed by atoms with E-state index < -0.39 is 0 Å². The predicted octanol–water partition coefficient (Wildman–Crippen LogP) is 2.60. The van der Waals surface area contributed by atoms with Gasteiger partial charge in [-0.1, -0.05) is 24.2 Å². The molecule has 0 saturated carbocycles. The second kappa shape index (κ2) is 8.16. The van der Waals surface area contributed by atoms with Crippen molar-refractivity contribution in [3.8, 4) is 0 Å². The van der Waals surface area contributed by atoms with Crippen LogP contribution in [0.25, 0.3) is 10.9 Å². The van der Waals surface area contributed by atoms with Gasteiger partial charge in [-0.2, -0.15) is 0 Å². The molecular formula is C21H24N4O4. The average molecular weight is 396 g/mol. The molecule has 1 amide bonds. The van der Waals surface area contributed by atoms with Crippen molar-refractivity contribution in [2.75, 3.05) is 13.2 Å². The fourth-order valence-corrected chi connectivity index (χ4v) is 3.74. The summed E-state index contributed by atoms with van der Waals surface area (Å²) in [6, 6.07) is 7.16. The second-order valence-corrected chi connectivity index (χ2v) is 7.26. The molecule has 0 aliphatic carbocycles. The summed E-state index contributed by atoms with van der Waals surface area (Å²) in [5.74, 6) is 0.739. The van der Waals surface area contributed by atoms with Gasteiger partial charge in [-0.3, -0.25) is 9.59 Å². The average Bonchev–Trinajstić information content (AvgIpc) is 3.36. The maximum atomic E-state index is 13.4. The highest BCUT2D eigenvalue weighted by Crippen LogP contribution is 2.21. The van der Waals surface area contributed by atoms with E-state index in [-0.39, 0.29) is 24.1 Å². The predicted molar refractivity (Wildman–Crippen MR) is 107 cm³/mol. The zero-order valence-electron chi connectivity index (χ0n) is 16.6. The summed E-state index contributed by atoms with van der Waals surface area (Å²) >= 11 is 0. The molecule has 8 heteroatoms. The number of amides is 1. The highest BCUT2D eigenvalue weighted by molar-refractivity contribution is 5.96. The van der Waals surface area contributed by atoms with Gasteiger partial charge in [0.2, 0.25) is 0 Å². The normalized spacial score (nSPS) is 16.4. The van der Waals surface area contributed by atoms with E-state index in [2.05, 4.69) is 15.1 Å². The van der Waals surface area contributed by atoms with E-state index in [9.17, 15) is 9.59 Å². The molecule has 3 heterocycles. The van der Waals surface area contributed by atoms with Gasteiger partial charge >= 0.3 is 0 Å². The van der Waals surface area contributed by atoms with E-state index in [1.54, 1.807) is 30.0 Å². The molecule has 0 bridgehead atoms. The first kappa shape index (κ1) is 19.3. The van der Waals surface area contributed by atoms with Gasteiger partial charge in [0.25, 0.3) is 11.5 Å². The first-order chi connectivity index (χ1) is 14.1. The summed E-state index contributed by atoms with van der Waals surface area (Å²) < 4.78 is 11.0. The van der Waals surface area contributed by atoms with Crippen molar-refractivity contribution in [3.63, 3.8) is 0 Å². The van der Waals surface area contributed by atoms with E-state index in [4.69, 9.17) is 9.26 Å². The lowest BCUT2D eigenvalue weighted by Gasteiger charge is -2.25. The molecule has 0 unspecified atom stereocenters. The van der Waals surface area contributed by atoms with Gasteiger partial charge in [-0.25, -0.2) is 4.98 Å². The number of aromatic nitrogens is 3. The number of nitrogens with one attached hydrogen (secondary N) is 1. The fourth-order valence-electron chi connectivity index (χ4n) is 3.74. The van der Waals surface area contributed by atoms with Crippen molar-refractivity contribution in [2.45, 2.75) is 45.8 Å². The van der Waals surface area contributed by atoms with Crippen LogP contribution in [0.3, 0.4) is 0 Å². The SMILES string of the molecule is CCc1noc(C)c1C(=O)N(Cc1nc2ccccc2c(=O)[nH]1)C[C@H]1CCCO1. The molecule has 3 aromatic rings. The number of aryl methyl sites for hydroxylation is 2. The van der Waals surface area contributed by atoms with Crippen molar-refractivity contribution in [1.82, 2.24) is 20.0 Å². The highest BCUT2D eigenvalue weighted by Gasteiger charge is 2.28. The van der Waals surface area contributed by atoms with Crippen LogP contribution in [0.15, 0.2) is 33.6 Å². The summed E-state index contributed by atoms with van der Waals surface area (Å²) in [5.41, 5.74) is 1.50. The molecule has 0 spiro atoms. The van der Waals surface area contributed by atoms with Gasteiger partial charge in [0.1, 0.15) is 17.1 Å². The van der Waals surface area contributed by atoms with Crippen LogP contribution in [0.4, 0.5) is 0 Å². The molecule has 2 aromatic heterocycles. The number of fused-ring (bicyclic) bond motifs is 1. The summed E-state index contributed by atoms with van der Waals surface area (Å²) in [7, 11) is 0. The van der Waals surface area contributed by atoms with Gasteiger partial charge in [-0.05, 0) is 38.3 Å². The van der Waals surface area contributed by atoms with Crippen molar-refractivity contribution < 1.29 is 14.1 Å². The second-order valence-electron chi connectivity index (χ2n) is 7.26. The maximum absolute atomic E-state index is 13.4. The summed E-state index contributed by atoms with van der Waals surface area (Å²) in [4.78, 5) is 34.9. The maximum Gasteiger partial charge on any atom is 0.259 e. The molecule has 1 fully saturated rings. The lowest BCUT2D eigenvalue weighted by molar-refractivity contribution is 0.0499. The number of hydrogen-bond donors (Lipinski definition) is 1. The van der Waals surface area contributed by atoms with Gasteiger partial charge in [0.05, 0.1) is 29.2 Å². The number of nitrogens with zero attached hydrogens (tertiary/aromatic N) is 3. The third-order valence-electron chi connectivity index (χ3n) is 5.22. The molecule has 8 nitrogen and oxygen atoms in total. The number of H-pyrrole nitrogens is 1. The Morgan fingerprint density at radius 2 is 2.17 bits per heavy atom. The van der Waals surface area contributed by atoms with E-state index >= 15 is 0 Å². The lowest BCUT2D eigenvalue weighted by Crippen LogP contribution is -2.38. The van der Waals surface area contributed by atoms with Crippen LogP contribution in [0, 0.1) is 6.92 Å². The Balaban J connectivity index is 1.68. The number of ether oxygens (including phenoxy) is 1. The molecule has 1 aliphatic heterocycles. The number of carbonyl (C=O) groups is 1. The molecule has 29 heavy (non-hydrogen) atoms. The third kappa shape index (κ3) is 3.93. The van der Waals surface area contributed by atoms with Crippen LogP contribution < -0.4 is 5.56 Å². The standard InChI is InChI=1S/C21H24N4O4/c1-3-16-19(13(2)29-24-16)21(27)25(11-14-7-6-10-28-14)12-18-22-17-9-5-4-8-15(17)20(26)23-18/h4-5,8-9,14H,3,6-7,10-12H2,1-2H3,(H,22,23,26)/t14-/m1/s1. The summed E-state index contributed by atoms with van der Waals surface area (Å²) in [6.07, 6.45) is 2.44. The number of hydrogen-bond acceptors (Lipinski definition) is 6. The molecule has 152 valence electrons. The van der Waals surface area contributed by atoms with E-state index in [0.29, 0.717) is 53.3 Å². The fraction of sp³-hybridized carbons (Fsp3) is 0.429. The Morgan fingerprint density at radius 3 is 2.93 bits per heavy atom. The molecule has 0 radical (unpaired) electrons. The third-order valence-corrected chi connectivity index (χ3v) is 5.22. The van der Waals surface area contributed by atoms with Crippen LogP contribution in [0.5, 0.6) is 0 Å². The first-order valence-corrected chi connectivity index (χ1v) is 9.90. The van der Waals surface area contributed by atoms with Crippen LogP contribution in [0.2, 0.25) is 0 Å². The Bertz CT molecular complexity index is 1080. The number of carbonyl (C=O) groups excluding carboxylic acids is 1. The Morgan fingerprint density at radius 1 is 1.34 bits per heavy atom. The molecular weight excluding hydrogens is 372 g/mol. The summed E-state index contributed by atoms with van der Waals surface area (Å²) in [6.45, 7) is 4.96. The smallest absolute Gasteiger partial charge is 0.259 e. The van der Waals surface area contributed by atoms with Gasteiger partial charge in [-0.15, -0.1) is 0 Å². The van der Waals surface area contributed by atoms with Crippen LogP contribution in [0.1, 0.15) is 47.4 Å². The monoisotopic (exact) mass is 396 g/mol. The van der Waals surface area contributed by atoms with Crippen molar-refractivity contribution in [3.05, 3.63) is 57.5 Å². The van der Waals surface area contributed by atoms with Crippen LogP contribution in [-0.2, 0) is 17.7 Å². The minimum Gasteiger partial charge on any atom is -0.376 e. The highest BCUT2D eigenvalue weighted by atomic mass is 16.5. The Kier molecular flexibility index (Phi) is 5.44. The van der Waals surface area contributed by atoms with E-state index in [1.807, 2.05) is 13.0 Å². The van der Waals surface area contributed by atoms with Gasteiger partial charge in [0, 0.05) is 13.2 Å². The first-order valence-electron chi connectivity index (χ1n) is 9.90. The summed E-state index contributed by atoms with van der Waals surface area (Å²) in [5, 5.41) is 4.53. The number of para-hydroxylation sites is 1. The lowest BCUT2D eigenvalue weighted by atomic mass is 10.1. The molecule has 4 rings (SSSR count). The number of rotatable bonds is 6. The van der Waals surface area contributed by atoms with Crippen molar-refractivity contribution in [2.24, 2.45) is 0 Å². The number of aromatic amines is 1. The largest absolute Gasteiger partial charge is 0.376 e. The molecule has 1 aromatic carbocycles. The van der Waals surface area contributed by atoms with Crippen molar-refractivity contribution in [1.29, 1.82) is 0 Å². The molecule has 1 N–H and O–H groups in total. The zero-order chi connectivity index (χ0) is 20.4. The van der Waals surface area contributed by atoms with E-state index in [0.717, 1.165) is 12.8 Å². The zero-order valence-corrected chi connectivity index (χ0v) is 16.6. The minimum absolute atomic E-state index is 0.0311. The topological polar surface area (TPSA) is 101 Å². The molecule has 1 aliphatic rings. The Hall–Kier alpha value is -3.00. The number of benzene rings is 1. The van der Waals surface area contributed by atoms with Crippen LogP contribution >= 0.6 is 0 Å². The van der Waals surface area contributed by atoms with Crippen molar-refractivity contribution >= 4 is 16.8 Å².